The summed E-state index contributed by atoms with van der Waals surface area (Å²) in [4.78, 5) is 11.1. The summed E-state index contributed by atoms with van der Waals surface area (Å²) < 4.78 is 26.5. The van der Waals surface area contributed by atoms with Crippen molar-refractivity contribution in [2.75, 3.05) is 13.1 Å². The molecule has 1 aliphatic rings. The molecule has 116 valence electrons. The van der Waals surface area contributed by atoms with Gasteiger partial charge in [0.25, 0.3) is 0 Å². The van der Waals surface area contributed by atoms with Gasteiger partial charge >= 0.3 is 5.97 Å². The quantitative estimate of drug-likeness (QED) is 0.908. The number of nitrogens with zero attached hydrogens (tertiary/aromatic N) is 1. The van der Waals surface area contributed by atoms with Crippen LogP contribution in [-0.2, 0) is 14.8 Å². The van der Waals surface area contributed by atoms with Crippen LogP contribution in [0.1, 0.15) is 19.8 Å². The van der Waals surface area contributed by atoms with Crippen molar-refractivity contribution in [3.63, 3.8) is 0 Å². The van der Waals surface area contributed by atoms with Crippen LogP contribution in [0, 0.1) is 5.41 Å². The zero-order valence-corrected chi connectivity index (χ0v) is 13.7. The maximum atomic E-state index is 12.6. The monoisotopic (exact) mass is 351 g/mol. The number of piperidine rings is 1. The van der Waals surface area contributed by atoms with Crippen LogP contribution in [0.5, 0.6) is 0 Å². The standard InChI is InChI=1S/C13H15Cl2NO4S/c1-13(12(17)18)5-7-16(8-6-13)21(19,20)11-9(14)3-2-4-10(11)15/h2-4H,5-8H2,1H3,(H,17,18). The van der Waals surface area contributed by atoms with Crippen LogP contribution in [0.15, 0.2) is 23.1 Å². The van der Waals surface area contributed by atoms with Gasteiger partial charge in [-0.25, -0.2) is 8.42 Å². The zero-order chi connectivity index (χ0) is 15.8. The number of carboxylic acids is 1. The Hall–Kier alpha value is -0.820. The average molecular weight is 352 g/mol. The minimum atomic E-state index is -3.82. The van der Waals surface area contributed by atoms with Crippen molar-refractivity contribution in [2.24, 2.45) is 5.41 Å². The Morgan fingerprint density at radius 3 is 2.14 bits per heavy atom. The Labute approximate surface area is 133 Å². The van der Waals surface area contributed by atoms with Gasteiger partial charge in [0.2, 0.25) is 10.0 Å². The van der Waals surface area contributed by atoms with E-state index < -0.39 is 21.4 Å². The second kappa shape index (κ2) is 5.76. The van der Waals surface area contributed by atoms with E-state index in [9.17, 15) is 18.3 Å². The number of sulfonamides is 1. The maximum Gasteiger partial charge on any atom is 0.309 e. The predicted octanol–water partition coefficient (Wildman–Crippen LogP) is 2.87. The molecule has 0 spiro atoms. The maximum absolute atomic E-state index is 12.6. The minimum absolute atomic E-state index is 0.0640. The van der Waals surface area contributed by atoms with Crippen molar-refractivity contribution < 1.29 is 18.3 Å². The van der Waals surface area contributed by atoms with Gasteiger partial charge in [0.15, 0.2) is 0 Å². The molecule has 0 saturated carbocycles. The lowest BCUT2D eigenvalue weighted by Crippen LogP contribution is -2.45. The molecular formula is C13H15Cl2NO4S. The van der Waals surface area contributed by atoms with E-state index in [1.165, 1.54) is 16.4 Å². The summed E-state index contributed by atoms with van der Waals surface area (Å²) >= 11 is 11.9. The fourth-order valence-electron chi connectivity index (χ4n) is 2.29. The first-order valence-corrected chi connectivity index (χ1v) is 8.56. The number of carbonyl (C=O) groups is 1. The van der Waals surface area contributed by atoms with Crippen LogP contribution in [0.2, 0.25) is 10.0 Å². The van der Waals surface area contributed by atoms with Gasteiger partial charge in [-0.1, -0.05) is 29.3 Å². The minimum Gasteiger partial charge on any atom is -0.481 e. The molecule has 5 nitrogen and oxygen atoms in total. The molecule has 0 unspecified atom stereocenters. The molecule has 1 N–H and O–H groups in total. The molecule has 0 aliphatic carbocycles. The lowest BCUT2D eigenvalue weighted by Gasteiger charge is -2.35. The van der Waals surface area contributed by atoms with E-state index in [0.29, 0.717) is 0 Å². The third-order valence-corrected chi connectivity index (χ3v) is 6.71. The van der Waals surface area contributed by atoms with Crippen molar-refractivity contribution in [1.29, 1.82) is 0 Å². The van der Waals surface area contributed by atoms with E-state index in [-0.39, 0.29) is 40.9 Å². The Balaban J connectivity index is 2.29. The first-order chi connectivity index (χ1) is 9.68. The second-order valence-electron chi connectivity index (χ2n) is 5.32. The van der Waals surface area contributed by atoms with Crippen molar-refractivity contribution in [2.45, 2.75) is 24.7 Å². The fraction of sp³-hybridized carbons (Fsp3) is 0.462. The highest BCUT2D eigenvalue weighted by atomic mass is 35.5. The Morgan fingerprint density at radius 2 is 1.71 bits per heavy atom. The lowest BCUT2D eigenvalue weighted by molar-refractivity contribution is -0.150. The smallest absolute Gasteiger partial charge is 0.309 e. The number of hydrogen-bond acceptors (Lipinski definition) is 3. The molecule has 21 heavy (non-hydrogen) atoms. The van der Waals surface area contributed by atoms with Crippen molar-refractivity contribution >= 4 is 39.2 Å². The predicted molar refractivity (Wildman–Crippen MR) is 80.2 cm³/mol. The summed E-state index contributed by atoms with van der Waals surface area (Å²) in [7, 11) is -3.82. The van der Waals surface area contributed by atoms with E-state index in [4.69, 9.17) is 23.2 Å². The Morgan fingerprint density at radius 1 is 1.24 bits per heavy atom. The van der Waals surface area contributed by atoms with E-state index in [0.717, 1.165) is 0 Å². The topological polar surface area (TPSA) is 74.7 Å². The van der Waals surface area contributed by atoms with E-state index in [1.807, 2.05) is 0 Å². The highest BCUT2D eigenvalue weighted by Gasteiger charge is 2.41. The Bertz CT molecular complexity index is 646. The number of benzene rings is 1. The van der Waals surface area contributed by atoms with Crippen LogP contribution in [0.4, 0.5) is 0 Å². The normalized spacial score (nSPS) is 19.4. The number of rotatable bonds is 3. The molecule has 1 saturated heterocycles. The molecule has 0 aromatic heterocycles. The zero-order valence-electron chi connectivity index (χ0n) is 11.3. The molecule has 0 radical (unpaired) electrons. The first-order valence-electron chi connectivity index (χ1n) is 6.36. The number of carboxylic acid groups (broad SMARTS) is 1. The summed E-state index contributed by atoms with van der Waals surface area (Å²) in [6.45, 7) is 1.89. The summed E-state index contributed by atoms with van der Waals surface area (Å²) in [5.41, 5.74) is -0.893. The van der Waals surface area contributed by atoms with Crippen LogP contribution in [0.25, 0.3) is 0 Å². The summed E-state index contributed by atoms with van der Waals surface area (Å²) in [6.07, 6.45) is 0.507. The van der Waals surface area contributed by atoms with Gasteiger partial charge in [0.1, 0.15) is 4.90 Å². The summed E-state index contributed by atoms with van der Waals surface area (Å²) in [5.74, 6) is -0.907. The number of halogens is 2. The summed E-state index contributed by atoms with van der Waals surface area (Å²) in [6, 6.07) is 4.50. The molecule has 8 heteroatoms. The molecule has 0 atom stereocenters. The third-order valence-electron chi connectivity index (χ3n) is 3.86. The highest BCUT2D eigenvalue weighted by molar-refractivity contribution is 7.89. The van der Waals surface area contributed by atoms with Crippen molar-refractivity contribution in [1.82, 2.24) is 4.31 Å². The molecule has 1 aromatic rings. The lowest BCUT2D eigenvalue weighted by atomic mass is 9.81. The van der Waals surface area contributed by atoms with Crippen molar-refractivity contribution in [3.8, 4) is 0 Å². The molecular weight excluding hydrogens is 337 g/mol. The fourth-order valence-corrected chi connectivity index (χ4v) is 4.82. The van der Waals surface area contributed by atoms with E-state index in [1.54, 1.807) is 13.0 Å². The van der Waals surface area contributed by atoms with Gasteiger partial charge in [-0.3, -0.25) is 4.79 Å². The van der Waals surface area contributed by atoms with Crippen LogP contribution >= 0.6 is 23.2 Å². The van der Waals surface area contributed by atoms with Gasteiger partial charge in [0.05, 0.1) is 15.5 Å². The number of aliphatic carboxylic acids is 1. The third kappa shape index (κ3) is 3.04. The van der Waals surface area contributed by atoms with Crippen LogP contribution in [0.3, 0.4) is 0 Å². The molecule has 1 aromatic carbocycles. The van der Waals surface area contributed by atoms with E-state index >= 15 is 0 Å². The molecule has 2 rings (SSSR count). The van der Waals surface area contributed by atoms with Gasteiger partial charge < -0.3 is 5.11 Å². The largest absolute Gasteiger partial charge is 0.481 e. The molecule has 0 bridgehead atoms. The van der Waals surface area contributed by atoms with Gasteiger partial charge in [-0.2, -0.15) is 4.31 Å². The van der Waals surface area contributed by atoms with Gasteiger partial charge in [-0.15, -0.1) is 0 Å². The second-order valence-corrected chi connectivity index (χ2v) is 8.01. The van der Waals surface area contributed by atoms with Gasteiger partial charge in [-0.05, 0) is 31.9 Å². The van der Waals surface area contributed by atoms with Gasteiger partial charge in [0, 0.05) is 13.1 Å². The van der Waals surface area contributed by atoms with Crippen LogP contribution < -0.4 is 0 Å². The SMILES string of the molecule is CC1(C(=O)O)CCN(S(=O)(=O)c2c(Cl)cccc2Cl)CC1. The molecule has 0 amide bonds. The van der Waals surface area contributed by atoms with Crippen molar-refractivity contribution in [3.05, 3.63) is 28.2 Å². The first kappa shape index (κ1) is 16.5. The van der Waals surface area contributed by atoms with E-state index in [2.05, 4.69) is 0 Å². The summed E-state index contributed by atoms with van der Waals surface area (Å²) in [5, 5.41) is 9.31. The molecule has 1 fully saturated rings. The molecule has 1 aliphatic heterocycles. The highest BCUT2D eigenvalue weighted by Crippen LogP contribution is 2.36. The Kier molecular flexibility index (Phi) is 4.54. The molecule has 1 heterocycles. The average Bonchev–Trinajstić information content (AvgIpc) is 2.38. The van der Waals surface area contributed by atoms with Crippen LogP contribution in [-0.4, -0.2) is 36.9 Å². The number of hydrogen-bond donors (Lipinski definition) is 1.